The molecule has 0 amide bonds. The summed E-state index contributed by atoms with van der Waals surface area (Å²) >= 11 is 5.83. The molecule has 0 N–H and O–H groups in total. The molecule has 1 atom stereocenters. The Labute approximate surface area is 94.2 Å². The lowest BCUT2D eigenvalue weighted by Gasteiger charge is -2.24. The van der Waals surface area contributed by atoms with Crippen molar-refractivity contribution in [2.45, 2.75) is 32.3 Å². The van der Waals surface area contributed by atoms with E-state index < -0.39 is 0 Å². The first-order valence-electron chi connectivity index (χ1n) is 5.20. The highest BCUT2D eigenvalue weighted by molar-refractivity contribution is 6.31. The topological polar surface area (TPSA) is 26.3 Å². The Morgan fingerprint density at radius 1 is 1.53 bits per heavy atom. The number of Topliss-reactive ketones (excluding diaryl/α,β-unsaturated/α-hetero) is 1. The summed E-state index contributed by atoms with van der Waals surface area (Å²) < 4.78 is 5.72. The summed E-state index contributed by atoms with van der Waals surface area (Å²) in [4.78, 5) is 11.8. The molecular formula is C12H13ClO2. The van der Waals surface area contributed by atoms with Gasteiger partial charge in [-0.05, 0) is 24.6 Å². The highest BCUT2D eigenvalue weighted by Crippen LogP contribution is 2.31. The number of fused-ring (bicyclic) bond motifs is 1. The molecule has 1 aliphatic rings. The van der Waals surface area contributed by atoms with Crippen LogP contribution < -0.4 is 4.74 Å². The van der Waals surface area contributed by atoms with Gasteiger partial charge in [-0.15, -0.1) is 0 Å². The molecule has 0 fully saturated rings. The number of hydrogen-bond acceptors (Lipinski definition) is 2. The van der Waals surface area contributed by atoms with Gasteiger partial charge in [0, 0.05) is 11.4 Å². The van der Waals surface area contributed by atoms with Crippen LogP contribution in [-0.2, 0) is 0 Å². The summed E-state index contributed by atoms with van der Waals surface area (Å²) in [5.41, 5.74) is 0.620. The fraction of sp³-hybridized carbons (Fsp3) is 0.417. The molecule has 0 aliphatic carbocycles. The van der Waals surface area contributed by atoms with Crippen molar-refractivity contribution in [3.05, 3.63) is 28.8 Å². The van der Waals surface area contributed by atoms with Gasteiger partial charge in [0.2, 0.25) is 0 Å². The molecule has 2 rings (SSSR count). The van der Waals surface area contributed by atoms with Crippen LogP contribution in [0.3, 0.4) is 0 Å². The second-order valence-electron chi connectivity index (χ2n) is 3.80. The predicted molar refractivity (Wildman–Crippen MR) is 59.7 cm³/mol. The van der Waals surface area contributed by atoms with Crippen LogP contribution >= 0.6 is 11.6 Å². The standard InChI is InChI=1S/C12H13ClO2/c1-2-3-9-7-11(14)10-6-8(13)4-5-12(10)15-9/h4-6,9H,2-3,7H2,1H3. The quantitative estimate of drug-likeness (QED) is 0.769. The number of carbonyl (C=O) groups is 1. The Morgan fingerprint density at radius 3 is 3.07 bits per heavy atom. The molecule has 0 bridgehead atoms. The summed E-state index contributed by atoms with van der Waals surface area (Å²) in [6.45, 7) is 2.09. The van der Waals surface area contributed by atoms with Crippen LogP contribution in [0.25, 0.3) is 0 Å². The number of benzene rings is 1. The van der Waals surface area contributed by atoms with Gasteiger partial charge in [-0.1, -0.05) is 24.9 Å². The Balaban J connectivity index is 2.28. The first-order valence-corrected chi connectivity index (χ1v) is 5.58. The Kier molecular flexibility index (Phi) is 2.96. The first-order chi connectivity index (χ1) is 7.20. The number of hydrogen-bond donors (Lipinski definition) is 0. The van der Waals surface area contributed by atoms with Crippen LogP contribution in [0.15, 0.2) is 18.2 Å². The largest absolute Gasteiger partial charge is 0.489 e. The van der Waals surface area contributed by atoms with Gasteiger partial charge in [0.25, 0.3) is 0 Å². The predicted octanol–water partition coefficient (Wildman–Crippen LogP) is 3.47. The third kappa shape index (κ3) is 2.15. The van der Waals surface area contributed by atoms with Gasteiger partial charge in [0.1, 0.15) is 11.9 Å². The molecule has 1 unspecified atom stereocenters. The molecule has 15 heavy (non-hydrogen) atoms. The molecule has 1 aliphatic heterocycles. The normalized spacial score (nSPS) is 19.6. The molecule has 80 valence electrons. The van der Waals surface area contributed by atoms with Crippen LogP contribution in [0.1, 0.15) is 36.5 Å². The van der Waals surface area contributed by atoms with Crippen molar-refractivity contribution in [3.8, 4) is 5.75 Å². The van der Waals surface area contributed by atoms with Crippen molar-refractivity contribution in [2.24, 2.45) is 0 Å². The third-order valence-corrected chi connectivity index (χ3v) is 2.79. The molecule has 0 radical (unpaired) electrons. The molecule has 1 aromatic carbocycles. The van der Waals surface area contributed by atoms with Crippen molar-refractivity contribution in [1.29, 1.82) is 0 Å². The summed E-state index contributed by atoms with van der Waals surface area (Å²) in [6.07, 6.45) is 2.46. The summed E-state index contributed by atoms with van der Waals surface area (Å²) in [7, 11) is 0. The monoisotopic (exact) mass is 224 g/mol. The minimum atomic E-state index is 0.0381. The van der Waals surface area contributed by atoms with E-state index >= 15 is 0 Å². The Hall–Kier alpha value is -1.02. The second kappa shape index (κ2) is 4.23. The van der Waals surface area contributed by atoms with Gasteiger partial charge in [0.05, 0.1) is 5.56 Å². The lowest BCUT2D eigenvalue weighted by molar-refractivity contribution is 0.0838. The fourth-order valence-electron chi connectivity index (χ4n) is 1.84. The van der Waals surface area contributed by atoms with Gasteiger partial charge >= 0.3 is 0 Å². The number of ketones is 1. The fourth-order valence-corrected chi connectivity index (χ4v) is 2.02. The summed E-state index contributed by atoms with van der Waals surface area (Å²) in [5.74, 6) is 0.811. The third-order valence-electron chi connectivity index (χ3n) is 2.56. The maximum absolute atomic E-state index is 11.8. The van der Waals surface area contributed by atoms with Crippen molar-refractivity contribution in [3.63, 3.8) is 0 Å². The molecular weight excluding hydrogens is 212 g/mol. The molecule has 0 spiro atoms. The molecule has 2 nitrogen and oxygen atoms in total. The maximum atomic E-state index is 11.8. The van der Waals surface area contributed by atoms with Crippen molar-refractivity contribution >= 4 is 17.4 Å². The van der Waals surface area contributed by atoms with E-state index in [9.17, 15) is 4.79 Å². The molecule has 0 saturated carbocycles. The smallest absolute Gasteiger partial charge is 0.170 e. The van der Waals surface area contributed by atoms with Crippen molar-refractivity contribution < 1.29 is 9.53 Å². The zero-order valence-corrected chi connectivity index (χ0v) is 9.38. The van der Waals surface area contributed by atoms with Gasteiger partial charge in [-0.2, -0.15) is 0 Å². The zero-order chi connectivity index (χ0) is 10.8. The second-order valence-corrected chi connectivity index (χ2v) is 4.23. The van der Waals surface area contributed by atoms with E-state index in [0.717, 1.165) is 12.8 Å². The van der Waals surface area contributed by atoms with Crippen LogP contribution in [0.5, 0.6) is 5.75 Å². The van der Waals surface area contributed by atoms with E-state index in [2.05, 4.69) is 6.92 Å². The van der Waals surface area contributed by atoms with E-state index in [1.165, 1.54) is 0 Å². The van der Waals surface area contributed by atoms with Crippen LogP contribution in [-0.4, -0.2) is 11.9 Å². The highest BCUT2D eigenvalue weighted by atomic mass is 35.5. The number of halogens is 1. The Morgan fingerprint density at radius 2 is 2.33 bits per heavy atom. The minimum Gasteiger partial charge on any atom is -0.489 e. The molecule has 3 heteroatoms. The molecule has 1 heterocycles. The average molecular weight is 225 g/mol. The average Bonchev–Trinajstić information content (AvgIpc) is 2.20. The lowest BCUT2D eigenvalue weighted by atomic mass is 9.98. The van der Waals surface area contributed by atoms with Gasteiger partial charge in [-0.3, -0.25) is 4.79 Å². The van der Waals surface area contributed by atoms with E-state index in [1.807, 2.05) is 0 Å². The van der Waals surface area contributed by atoms with Crippen LogP contribution in [0.2, 0.25) is 5.02 Å². The summed E-state index contributed by atoms with van der Waals surface area (Å²) in [5, 5.41) is 0.583. The van der Waals surface area contributed by atoms with Crippen LogP contribution in [0, 0.1) is 0 Å². The number of ether oxygens (including phenoxy) is 1. The van der Waals surface area contributed by atoms with E-state index in [0.29, 0.717) is 22.8 Å². The zero-order valence-electron chi connectivity index (χ0n) is 8.63. The maximum Gasteiger partial charge on any atom is 0.170 e. The molecule has 1 aromatic rings. The van der Waals surface area contributed by atoms with Crippen molar-refractivity contribution in [2.75, 3.05) is 0 Å². The SMILES string of the molecule is CCCC1CC(=O)c2cc(Cl)ccc2O1. The Bertz CT molecular complexity index is 387. The minimum absolute atomic E-state index is 0.0381. The molecule has 0 aromatic heterocycles. The van der Waals surface area contributed by atoms with Crippen molar-refractivity contribution in [1.82, 2.24) is 0 Å². The van der Waals surface area contributed by atoms with E-state index in [-0.39, 0.29) is 11.9 Å². The highest BCUT2D eigenvalue weighted by Gasteiger charge is 2.25. The van der Waals surface area contributed by atoms with Gasteiger partial charge < -0.3 is 4.74 Å². The summed E-state index contributed by atoms with van der Waals surface area (Å²) in [6, 6.07) is 5.21. The van der Waals surface area contributed by atoms with E-state index in [1.54, 1.807) is 18.2 Å². The number of rotatable bonds is 2. The van der Waals surface area contributed by atoms with E-state index in [4.69, 9.17) is 16.3 Å². The van der Waals surface area contributed by atoms with Crippen LogP contribution in [0.4, 0.5) is 0 Å². The first kappa shape index (κ1) is 10.5. The molecule has 0 saturated heterocycles. The van der Waals surface area contributed by atoms with Gasteiger partial charge in [-0.25, -0.2) is 0 Å². The van der Waals surface area contributed by atoms with Gasteiger partial charge in [0.15, 0.2) is 5.78 Å². The number of carbonyl (C=O) groups excluding carboxylic acids is 1. The lowest BCUT2D eigenvalue weighted by Crippen LogP contribution is -2.26.